The molecule has 0 aliphatic heterocycles. The van der Waals surface area contributed by atoms with Gasteiger partial charge in [0.05, 0.1) is 0 Å². The first-order valence-electron chi connectivity index (χ1n) is 8.17. The van der Waals surface area contributed by atoms with Crippen molar-refractivity contribution in [2.45, 2.75) is 57.8 Å². The molecule has 2 aliphatic rings. The van der Waals surface area contributed by atoms with E-state index in [4.69, 9.17) is 0 Å². The summed E-state index contributed by atoms with van der Waals surface area (Å²) < 4.78 is 0. The smallest absolute Gasteiger partial charge is 0.00946 e. The van der Waals surface area contributed by atoms with Crippen LogP contribution in [-0.2, 0) is 6.42 Å². The number of hydrogen-bond acceptors (Lipinski definition) is 0. The van der Waals surface area contributed by atoms with Gasteiger partial charge in [0, 0.05) is 0 Å². The van der Waals surface area contributed by atoms with E-state index in [-0.39, 0.29) is 0 Å². The lowest BCUT2D eigenvalue weighted by Crippen LogP contribution is -2.09. The Morgan fingerprint density at radius 1 is 0.842 bits per heavy atom. The Kier molecular flexibility index (Phi) is 4.37. The zero-order valence-electron chi connectivity index (χ0n) is 12.0. The molecule has 0 amide bonds. The lowest BCUT2D eigenvalue weighted by atomic mass is 9.84. The molecule has 0 saturated heterocycles. The van der Waals surface area contributed by atoms with Crippen molar-refractivity contribution in [1.82, 2.24) is 0 Å². The molecule has 2 aliphatic carbocycles. The molecule has 2 fully saturated rings. The average Bonchev–Trinajstić information content (AvgIpc) is 3.13. The van der Waals surface area contributed by atoms with Crippen LogP contribution in [0.25, 0.3) is 0 Å². The number of rotatable bonds is 4. The molecule has 3 rings (SSSR count). The zero-order chi connectivity index (χ0) is 12.9. The molecule has 0 bridgehead atoms. The third-order valence-corrected chi connectivity index (χ3v) is 5.07. The van der Waals surface area contributed by atoms with Crippen LogP contribution in [0, 0.1) is 11.8 Å². The fraction of sp³-hybridized carbons (Fsp3) is 0.579. The van der Waals surface area contributed by atoms with Gasteiger partial charge in [-0.1, -0.05) is 67.7 Å². The van der Waals surface area contributed by atoms with Crippen molar-refractivity contribution in [3.05, 3.63) is 47.5 Å². The second-order valence-electron chi connectivity index (χ2n) is 6.36. The molecule has 19 heavy (non-hydrogen) atoms. The summed E-state index contributed by atoms with van der Waals surface area (Å²) in [5, 5.41) is 0. The molecule has 0 spiro atoms. The van der Waals surface area contributed by atoms with E-state index < -0.39 is 0 Å². The van der Waals surface area contributed by atoms with Gasteiger partial charge in [0.15, 0.2) is 0 Å². The zero-order valence-corrected chi connectivity index (χ0v) is 12.0. The fourth-order valence-corrected chi connectivity index (χ4v) is 4.03. The first kappa shape index (κ1) is 13.0. The van der Waals surface area contributed by atoms with Crippen molar-refractivity contribution >= 4 is 0 Å². The maximum atomic E-state index is 2.60. The maximum Gasteiger partial charge on any atom is -0.00946 e. The molecule has 0 nitrogen and oxygen atoms in total. The standard InChI is InChI=1S/C19H26/c1-2-8-16(9-3-1)14-15-19(17-10-4-5-11-17)18-12-6-7-13-18/h1-3,8-9,15,17-18H,4-7,10-14H2. The summed E-state index contributed by atoms with van der Waals surface area (Å²) in [6.07, 6.45) is 15.4. The third-order valence-electron chi connectivity index (χ3n) is 5.07. The normalized spacial score (nSPS) is 20.8. The van der Waals surface area contributed by atoms with Crippen LogP contribution in [-0.4, -0.2) is 0 Å². The van der Waals surface area contributed by atoms with Gasteiger partial charge in [0.2, 0.25) is 0 Å². The molecule has 0 radical (unpaired) electrons. The van der Waals surface area contributed by atoms with Crippen molar-refractivity contribution < 1.29 is 0 Å². The molecule has 1 aromatic rings. The third kappa shape index (κ3) is 3.29. The quantitative estimate of drug-likeness (QED) is 0.619. The highest BCUT2D eigenvalue weighted by atomic mass is 14.3. The minimum atomic E-state index is 0.923. The Morgan fingerprint density at radius 2 is 1.37 bits per heavy atom. The summed E-state index contributed by atoms with van der Waals surface area (Å²) in [6, 6.07) is 11.0. The summed E-state index contributed by atoms with van der Waals surface area (Å²) in [4.78, 5) is 0. The van der Waals surface area contributed by atoms with Crippen molar-refractivity contribution in [2.24, 2.45) is 11.8 Å². The number of hydrogen-bond donors (Lipinski definition) is 0. The van der Waals surface area contributed by atoms with E-state index >= 15 is 0 Å². The molecule has 1 aromatic carbocycles. The second-order valence-corrected chi connectivity index (χ2v) is 6.36. The Labute approximate surface area is 117 Å². The van der Waals surface area contributed by atoms with Crippen LogP contribution >= 0.6 is 0 Å². The van der Waals surface area contributed by atoms with Crippen LogP contribution in [0.2, 0.25) is 0 Å². The van der Waals surface area contributed by atoms with E-state index in [0.717, 1.165) is 18.3 Å². The van der Waals surface area contributed by atoms with Gasteiger partial charge in [-0.25, -0.2) is 0 Å². The van der Waals surface area contributed by atoms with Gasteiger partial charge in [-0.05, 0) is 49.5 Å². The molecule has 0 heteroatoms. The highest BCUT2D eigenvalue weighted by molar-refractivity contribution is 5.22. The van der Waals surface area contributed by atoms with Crippen molar-refractivity contribution in [2.75, 3.05) is 0 Å². The minimum Gasteiger partial charge on any atom is -0.0804 e. The predicted octanol–water partition coefficient (Wildman–Crippen LogP) is 5.54. The first-order valence-corrected chi connectivity index (χ1v) is 8.17. The molecule has 0 unspecified atom stereocenters. The lowest BCUT2D eigenvalue weighted by Gasteiger charge is -2.21. The van der Waals surface area contributed by atoms with E-state index in [0.29, 0.717) is 0 Å². The van der Waals surface area contributed by atoms with Gasteiger partial charge in [-0.15, -0.1) is 0 Å². The van der Waals surface area contributed by atoms with Gasteiger partial charge < -0.3 is 0 Å². The van der Waals surface area contributed by atoms with E-state index in [9.17, 15) is 0 Å². The average molecular weight is 254 g/mol. The molecule has 0 atom stereocenters. The second kappa shape index (κ2) is 6.41. The highest BCUT2D eigenvalue weighted by Gasteiger charge is 2.27. The molecular formula is C19H26. The Balaban J connectivity index is 1.73. The van der Waals surface area contributed by atoms with E-state index in [1.54, 1.807) is 0 Å². The maximum absolute atomic E-state index is 2.60. The Morgan fingerprint density at radius 3 is 1.89 bits per heavy atom. The molecule has 0 heterocycles. The van der Waals surface area contributed by atoms with Crippen LogP contribution in [0.15, 0.2) is 42.0 Å². The predicted molar refractivity (Wildman–Crippen MR) is 82.1 cm³/mol. The summed E-state index contributed by atoms with van der Waals surface area (Å²) >= 11 is 0. The van der Waals surface area contributed by atoms with Crippen LogP contribution in [0.5, 0.6) is 0 Å². The summed E-state index contributed by atoms with van der Waals surface area (Å²) in [5.74, 6) is 1.85. The van der Waals surface area contributed by atoms with E-state index in [1.807, 2.05) is 5.57 Å². The van der Waals surface area contributed by atoms with Gasteiger partial charge >= 0.3 is 0 Å². The number of allylic oxidation sites excluding steroid dienone is 2. The number of benzene rings is 1. The molecular weight excluding hydrogens is 228 g/mol. The summed E-state index contributed by atoms with van der Waals surface area (Å²) in [6.45, 7) is 0. The van der Waals surface area contributed by atoms with Crippen molar-refractivity contribution in [1.29, 1.82) is 0 Å². The Bertz CT molecular complexity index is 385. The van der Waals surface area contributed by atoms with Gasteiger partial charge in [-0.3, -0.25) is 0 Å². The van der Waals surface area contributed by atoms with Gasteiger partial charge in [0.25, 0.3) is 0 Å². The molecule has 0 N–H and O–H groups in total. The molecule has 102 valence electrons. The van der Waals surface area contributed by atoms with Gasteiger partial charge in [-0.2, -0.15) is 0 Å². The highest BCUT2D eigenvalue weighted by Crippen LogP contribution is 2.41. The van der Waals surface area contributed by atoms with Crippen molar-refractivity contribution in [3.63, 3.8) is 0 Å². The van der Waals surface area contributed by atoms with Crippen molar-refractivity contribution in [3.8, 4) is 0 Å². The van der Waals surface area contributed by atoms with Crippen LogP contribution < -0.4 is 0 Å². The lowest BCUT2D eigenvalue weighted by molar-refractivity contribution is 0.512. The monoisotopic (exact) mass is 254 g/mol. The van der Waals surface area contributed by atoms with Gasteiger partial charge in [0.1, 0.15) is 0 Å². The molecule has 0 aromatic heterocycles. The van der Waals surface area contributed by atoms with Crippen LogP contribution in [0.3, 0.4) is 0 Å². The summed E-state index contributed by atoms with van der Waals surface area (Å²) in [7, 11) is 0. The van der Waals surface area contributed by atoms with E-state index in [1.165, 1.54) is 56.9 Å². The Hall–Kier alpha value is -1.04. The SMILES string of the molecule is C(Cc1ccccc1)=C(C1CCCC1)C1CCCC1. The van der Waals surface area contributed by atoms with E-state index in [2.05, 4.69) is 36.4 Å². The first-order chi connectivity index (χ1) is 9.43. The van der Waals surface area contributed by atoms with Crippen LogP contribution in [0.1, 0.15) is 56.9 Å². The summed E-state index contributed by atoms with van der Waals surface area (Å²) in [5.41, 5.74) is 3.30. The molecule has 2 saturated carbocycles. The fourth-order valence-electron chi connectivity index (χ4n) is 4.03. The van der Waals surface area contributed by atoms with Crippen LogP contribution in [0.4, 0.5) is 0 Å². The topological polar surface area (TPSA) is 0 Å². The largest absolute Gasteiger partial charge is 0.0804 e. The minimum absolute atomic E-state index is 0.923.